The molecule has 0 fully saturated rings. The molecule has 0 spiro atoms. The molecule has 0 amide bonds. The average Bonchev–Trinajstić information content (AvgIpc) is 2.32. The molecular weight excluding hydrogens is 214 g/mol. The van der Waals surface area contributed by atoms with Crippen LogP contribution in [0.4, 0.5) is 5.82 Å². The number of ether oxygens (including phenoxy) is 1. The number of hydrogen-bond acceptors (Lipinski definition) is 4. The van der Waals surface area contributed by atoms with Gasteiger partial charge in [-0.25, -0.2) is 9.97 Å². The van der Waals surface area contributed by atoms with Gasteiger partial charge in [-0.1, -0.05) is 13.8 Å². The van der Waals surface area contributed by atoms with Gasteiger partial charge in [-0.3, -0.25) is 0 Å². The Kier molecular flexibility index (Phi) is 5.91. The van der Waals surface area contributed by atoms with Crippen LogP contribution in [0.25, 0.3) is 0 Å². The van der Waals surface area contributed by atoms with Crippen LogP contribution in [0.15, 0.2) is 0 Å². The van der Waals surface area contributed by atoms with E-state index in [1.807, 2.05) is 13.8 Å². The molecule has 1 rings (SSSR count). The Hall–Kier alpha value is -1.16. The highest BCUT2D eigenvalue weighted by Crippen LogP contribution is 2.15. The van der Waals surface area contributed by atoms with Gasteiger partial charge in [0, 0.05) is 24.4 Å². The second-order valence-corrected chi connectivity index (χ2v) is 4.18. The Bertz CT molecular complexity index is 353. The van der Waals surface area contributed by atoms with E-state index in [1.54, 1.807) is 0 Å². The van der Waals surface area contributed by atoms with E-state index in [0.717, 1.165) is 48.9 Å². The summed E-state index contributed by atoms with van der Waals surface area (Å²) in [5, 5.41) is 3.33. The van der Waals surface area contributed by atoms with Gasteiger partial charge in [0.25, 0.3) is 0 Å². The molecule has 0 unspecified atom stereocenters. The maximum atomic E-state index is 5.47. The molecule has 0 saturated heterocycles. The minimum absolute atomic E-state index is 0.496. The smallest absolute Gasteiger partial charge is 0.156 e. The lowest BCUT2D eigenvalue weighted by molar-refractivity contribution is 0.116. The third-order valence-electron chi connectivity index (χ3n) is 2.56. The van der Waals surface area contributed by atoms with Crippen LogP contribution in [0.1, 0.15) is 43.8 Å². The summed E-state index contributed by atoms with van der Waals surface area (Å²) in [6.45, 7) is 10.5. The lowest BCUT2D eigenvalue weighted by Gasteiger charge is -2.11. The van der Waals surface area contributed by atoms with Crippen molar-refractivity contribution in [1.82, 2.24) is 9.97 Å². The van der Waals surface area contributed by atoms with E-state index in [9.17, 15) is 0 Å². The van der Waals surface area contributed by atoms with Gasteiger partial charge in [0.1, 0.15) is 12.4 Å². The normalized spacial score (nSPS) is 10.6. The number of rotatable bonds is 7. The fraction of sp³-hybridized carbons (Fsp3) is 0.692. The standard InChI is InChI=1S/C13H23N3O/c1-5-7-14-13-10(3)11(4)15-12(16-13)9-17-8-6-2/h5-9H2,1-4H3,(H,14,15,16). The van der Waals surface area contributed by atoms with Gasteiger partial charge in [-0.15, -0.1) is 0 Å². The van der Waals surface area contributed by atoms with Crippen molar-refractivity contribution in [1.29, 1.82) is 0 Å². The van der Waals surface area contributed by atoms with Crippen LogP contribution >= 0.6 is 0 Å². The molecule has 0 aliphatic carbocycles. The summed E-state index contributed by atoms with van der Waals surface area (Å²) in [5.41, 5.74) is 2.14. The molecule has 1 aromatic heterocycles. The van der Waals surface area contributed by atoms with Crippen molar-refractivity contribution in [2.45, 2.75) is 47.1 Å². The summed E-state index contributed by atoms with van der Waals surface area (Å²) in [5.74, 6) is 1.70. The predicted molar refractivity (Wildman–Crippen MR) is 70.2 cm³/mol. The van der Waals surface area contributed by atoms with Gasteiger partial charge in [-0.05, 0) is 26.7 Å². The highest BCUT2D eigenvalue weighted by molar-refractivity contribution is 5.45. The first kappa shape index (κ1) is 13.9. The second-order valence-electron chi connectivity index (χ2n) is 4.18. The quantitative estimate of drug-likeness (QED) is 0.741. The van der Waals surface area contributed by atoms with Gasteiger partial charge in [0.05, 0.1) is 0 Å². The minimum atomic E-state index is 0.496. The first-order valence-corrected chi connectivity index (χ1v) is 6.34. The highest BCUT2D eigenvalue weighted by Gasteiger charge is 2.07. The number of hydrogen-bond donors (Lipinski definition) is 1. The zero-order chi connectivity index (χ0) is 12.7. The topological polar surface area (TPSA) is 47.0 Å². The molecule has 0 aromatic carbocycles. The number of nitrogens with one attached hydrogen (secondary N) is 1. The Morgan fingerprint density at radius 1 is 1.12 bits per heavy atom. The van der Waals surface area contributed by atoms with Crippen LogP contribution < -0.4 is 5.32 Å². The van der Waals surface area contributed by atoms with Crippen LogP contribution in [0.5, 0.6) is 0 Å². The molecule has 1 aromatic rings. The zero-order valence-corrected chi connectivity index (χ0v) is 11.3. The maximum absolute atomic E-state index is 5.47. The van der Waals surface area contributed by atoms with E-state index in [-0.39, 0.29) is 0 Å². The SMILES string of the molecule is CCCNc1nc(COCCC)nc(C)c1C. The van der Waals surface area contributed by atoms with E-state index in [2.05, 4.69) is 29.1 Å². The summed E-state index contributed by atoms with van der Waals surface area (Å²) in [6, 6.07) is 0. The lowest BCUT2D eigenvalue weighted by Crippen LogP contribution is -2.10. The van der Waals surface area contributed by atoms with Crippen LogP contribution in [0, 0.1) is 13.8 Å². The van der Waals surface area contributed by atoms with Crippen molar-refractivity contribution in [2.24, 2.45) is 0 Å². The summed E-state index contributed by atoms with van der Waals surface area (Å²) in [6.07, 6.45) is 2.11. The van der Waals surface area contributed by atoms with Gasteiger partial charge in [0.2, 0.25) is 0 Å². The van der Waals surface area contributed by atoms with Gasteiger partial charge in [-0.2, -0.15) is 0 Å². The molecule has 4 nitrogen and oxygen atoms in total. The summed E-state index contributed by atoms with van der Waals surface area (Å²) >= 11 is 0. The molecule has 1 heterocycles. The van der Waals surface area contributed by atoms with Gasteiger partial charge in [0.15, 0.2) is 5.82 Å². The molecule has 0 radical (unpaired) electrons. The average molecular weight is 237 g/mol. The fourth-order valence-corrected chi connectivity index (χ4v) is 1.47. The van der Waals surface area contributed by atoms with Crippen molar-refractivity contribution < 1.29 is 4.74 Å². The van der Waals surface area contributed by atoms with Crippen molar-refractivity contribution in [3.05, 3.63) is 17.1 Å². The number of anilines is 1. The van der Waals surface area contributed by atoms with Crippen LogP contribution in [-0.4, -0.2) is 23.1 Å². The molecule has 1 N–H and O–H groups in total. The summed E-state index contributed by atoms with van der Waals surface area (Å²) in [7, 11) is 0. The second kappa shape index (κ2) is 7.22. The summed E-state index contributed by atoms with van der Waals surface area (Å²) in [4.78, 5) is 8.93. The molecule has 0 aliphatic rings. The Labute approximate surface area is 104 Å². The number of nitrogens with zero attached hydrogens (tertiary/aromatic N) is 2. The van der Waals surface area contributed by atoms with E-state index in [0.29, 0.717) is 6.61 Å². The molecule has 17 heavy (non-hydrogen) atoms. The van der Waals surface area contributed by atoms with E-state index in [1.165, 1.54) is 0 Å². The Balaban J connectivity index is 2.74. The Morgan fingerprint density at radius 3 is 2.53 bits per heavy atom. The molecule has 0 atom stereocenters. The molecule has 96 valence electrons. The summed E-state index contributed by atoms with van der Waals surface area (Å²) < 4.78 is 5.47. The van der Waals surface area contributed by atoms with E-state index < -0.39 is 0 Å². The van der Waals surface area contributed by atoms with Crippen molar-refractivity contribution in [2.75, 3.05) is 18.5 Å². The van der Waals surface area contributed by atoms with Crippen LogP contribution in [0.3, 0.4) is 0 Å². The van der Waals surface area contributed by atoms with Crippen LogP contribution in [0.2, 0.25) is 0 Å². The number of aromatic nitrogens is 2. The van der Waals surface area contributed by atoms with Gasteiger partial charge >= 0.3 is 0 Å². The Morgan fingerprint density at radius 2 is 1.88 bits per heavy atom. The van der Waals surface area contributed by atoms with Crippen molar-refractivity contribution in [3.63, 3.8) is 0 Å². The lowest BCUT2D eigenvalue weighted by atomic mass is 10.2. The van der Waals surface area contributed by atoms with Gasteiger partial charge < -0.3 is 10.1 Å². The first-order chi connectivity index (χ1) is 8.19. The highest BCUT2D eigenvalue weighted by atomic mass is 16.5. The maximum Gasteiger partial charge on any atom is 0.156 e. The minimum Gasteiger partial charge on any atom is -0.373 e. The zero-order valence-electron chi connectivity index (χ0n) is 11.3. The molecule has 0 aliphatic heterocycles. The van der Waals surface area contributed by atoms with E-state index in [4.69, 9.17) is 4.74 Å². The van der Waals surface area contributed by atoms with Crippen molar-refractivity contribution in [3.8, 4) is 0 Å². The monoisotopic (exact) mass is 237 g/mol. The molecule has 0 bridgehead atoms. The van der Waals surface area contributed by atoms with Crippen molar-refractivity contribution >= 4 is 5.82 Å². The third-order valence-corrected chi connectivity index (χ3v) is 2.56. The van der Waals surface area contributed by atoms with E-state index >= 15 is 0 Å². The largest absolute Gasteiger partial charge is 0.373 e. The molecular formula is C13H23N3O. The predicted octanol–water partition coefficient (Wildman–Crippen LogP) is 2.84. The fourth-order valence-electron chi connectivity index (χ4n) is 1.47. The number of aryl methyl sites for hydroxylation is 1. The van der Waals surface area contributed by atoms with Crippen LogP contribution in [-0.2, 0) is 11.3 Å². The molecule has 4 heteroatoms. The third kappa shape index (κ3) is 4.30. The molecule has 0 saturated carbocycles. The first-order valence-electron chi connectivity index (χ1n) is 6.34.